The molecule has 0 atom stereocenters. The van der Waals surface area contributed by atoms with Gasteiger partial charge in [-0.05, 0) is 29.8 Å². The average molecular weight is 252 g/mol. The summed E-state index contributed by atoms with van der Waals surface area (Å²) in [4.78, 5) is 4.50. The molecule has 4 nitrogen and oxygen atoms in total. The van der Waals surface area contributed by atoms with E-state index in [1.807, 2.05) is 12.1 Å². The van der Waals surface area contributed by atoms with Gasteiger partial charge < -0.3 is 5.73 Å². The van der Waals surface area contributed by atoms with Gasteiger partial charge in [0.05, 0.1) is 0 Å². The Bertz CT molecular complexity index is 687. The van der Waals surface area contributed by atoms with E-state index in [-0.39, 0.29) is 0 Å². The van der Waals surface area contributed by atoms with E-state index in [1.165, 1.54) is 10.8 Å². The molecule has 96 valence electrons. The molecule has 0 amide bonds. The maximum Gasteiger partial charge on any atom is 0.181 e. The van der Waals surface area contributed by atoms with E-state index in [0.29, 0.717) is 6.54 Å². The first-order valence-corrected chi connectivity index (χ1v) is 6.47. The molecule has 19 heavy (non-hydrogen) atoms. The molecular formula is C15H16N4. The van der Waals surface area contributed by atoms with Gasteiger partial charge in [0.2, 0.25) is 0 Å². The number of benzene rings is 2. The van der Waals surface area contributed by atoms with E-state index >= 15 is 0 Å². The number of fused-ring (bicyclic) bond motifs is 1. The first-order valence-electron chi connectivity index (χ1n) is 6.47. The number of aromatic amines is 1. The van der Waals surface area contributed by atoms with Crippen LogP contribution in [0.2, 0.25) is 0 Å². The molecule has 3 N–H and O–H groups in total. The van der Waals surface area contributed by atoms with Crippen LogP contribution in [0.25, 0.3) is 22.2 Å². The summed E-state index contributed by atoms with van der Waals surface area (Å²) in [5.74, 6) is 1.64. The Labute approximate surface area is 111 Å². The number of nitrogens with one attached hydrogen (secondary N) is 1. The van der Waals surface area contributed by atoms with E-state index in [9.17, 15) is 0 Å². The first kappa shape index (κ1) is 11.9. The molecule has 0 unspecified atom stereocenters. The monoisotopic (exact) mass is 252 g/mol. The predicted octanol–water partition coefficient (Wildman–Crippen LogP) is 2.52. The minimum Gasteiger partial charge on any atom is -0.330 e. The Morgan fingerprint density at radius 1 is 1.05 bits per heavy atom. The van der Waals surface area contributed by atoms with Gasteiger partial charge in [0.15, 0.2) is 5.82 Å². The molecule has 2 aromatic carbocycles. The van der Waals surface area contributed by atoms with Crippen LogP contribution in [-0.4, -0.2) is 21.7 Å². The van der Waals surface area contributed by atoms with Gasteiger partial charge in [0.25, 0.3) is 0 Å². The fourth-order valence-corrected chi connectivity index (χ4v) is 2.13. The van der Waals surface area contributed by atoms with Crippen molar-refractivity contribution < 1.29 is 0 Å². The van der Waals surface area contributed by atoms with Crippen molar-refractivity contribution in [2.24, 2.45) is 5.73 Å². The zero-order valence-electron chi connectivity index (χ0n) is 10.6. The molecule has 0 spiro atoms. The highest BCUT2D eigenvalue weighted by molar-refractivity contribution is 5.86. The highest BCUT2D eigenvalue weighted by Gasteiger charge is 2.06. The minimum atomic E-state index is 0.673. The molecule has 4 heteroatoms. The van der Waals surface area contributed by atoms with Crippen LogP contribution in [0.1, 0.15) is 12.2 Å². The Balaban J connectivity index is 1.92. The summed E-state index contributed by atoms with van der Waals surface area (Å²) in [7, 11) is 0. The maximum atomic E-state index is 5.49. The van der Waals surface area contributed by atoms with E-state index in [1.54, 1.807) is 0 Å². The number of aromatic nitrogens is 3. The molecule has 0 saturated carbocycles. The molecule has 1 aromatic heterocycles. The maximum absolute atomic E-state index is 5.49. The number of H-pyrrole nitrogens is 1. The summed E-state index contributed by atoms with van der Waals surface area (Å²) in [5, 5.41) is 9.67. The Hall–Kier alpha value is -2.20. The van der Waals surface area contributed by atoms with Crippen molar-refractivity contribution in [1.29, 1.82) is 0 Å². The van der Waals surface area contributed by atoms with Crippen LogP contribution >= 0.6 is 0 Å². The summed E-state index contributed by atoms with van der Waals surface area (Å²) in [6, 6.07) is 14.5. The third-order valence-corrected chi connectivity index (χ3v) is 3.16. The van der Waals surface area contributed by atoms with Crippen molar-refractivity contribution in [3.05, 3.63) is 48.3 Å². The van der Waals surface area contributed by atoms with Crippen LogP contribution in [0, 0.1) is 0 Å². The van der Waals surface area contributed by atoms with E-state index in [2.05, 4.69) is 45.5 Å². The van der Waals surface area contributed by atoms with E-state index in [0.717, 1.165) is 30.1 Å². The quantitative estimate of drug-likeness (QED) is 0.749. The minimum absolute atomic E-state index is 0.673. The normalized spacial score (nSPS) is 11.0. The van der Waals surface area contributed by atoms with E-state index < -0.39 is 0 Å². The van der Waals surface area contributed by atoms with Gasteiger partial charge in [-0.1, -0.05) is 36.4 Å². The summed E-state index contributed by atoms with van der Waals surface area (Å²) < 4.78 is 0. The lowest BCUT2D eigenvalue weighted by Gasteiger charge is -1.99. The van der Waals surface area contributed by atoms with Crippen LogP contribution in [0.15, 0.2) is 42.5 Å². The largest absolute Gasteiger partial charge is 0.330 e. The van der Waals surface area contributed by atoms with Gasteiger partial charge in [-0.15, -0.1) is 0 Å². The number of hydrogen-bond donors (Lipinski definition) is 2. The number of aryl methyl sites for hydroxylation is 1. The van der Waals surface area contributed by atoms with Crippen LogP contribution in [0.4, 0.5) is 0 Å². The van der Waals surface area contributed by atoms with Crippen molar-refractivity contribution in [3.8, 4) is 11.4 Å². The third-order valence-electron chi connectivity index (χ3n) is 3.16. The van der Waals surface area contributed by atoms with Gasteiger partial charge in [0, 0.05) is 12.0 Å². The molecule has 0 aliphatic carbocycles. The number of nitrogens with two attached hydrogens (primary N) is 1. The molecule has 0 bridgehead atoms. The highest BCUT2D eigenvalue weighted by Crippen LogP contribution is 2.21. The molecule has 0 aliphatic rings. The van der Waals surface area contributed by atoms with Crippen LogP contribution in [0.3, 0.4) is 0 Å². The second-order valence-corrected chi connectivity index (χ2v) is 4.56. The average Bonchev–Trinajstić information content (AvgIpc) is 2.93. The van der Waals surface area contributed by atoms with Crippen LogP contribution < -0.4 is 5.73 Å². The van der Waals surface area contributed by atoms with Crippen molar-refractivity contribution >= 4 is 10.8 Å². The van der Waals surface area contributed by atoms with Crippen LogP contribution in [-0.2, 0) is 6.42 Å². The van der Waals surface area contributed by atoms with Crippen molar-refractivity contribution in [3.63, 3.8) is 0 Å². The second kappa shape index (κ2) is 5.20. The molecule has 1 heterocycles. The number of hydrogen-bond acceptors (Lipinski definition) is 3. The van der Waals surface area contributed by atoms with Gasteiger partial charge in [0.1, 0.15) is 5.82 Å². The smallest absolute Gasteiger partial charge is 0.181 e. The molecule has 0 saturated heterocycles. The topological polar surface area (TPSA) is 67.6 Å². The second-order valence-electron chi connectivity index (χ2n) is 4.56. The van der Waals surface area contributed by atoms with Crippen LogP contribution in [0.5, 0.6) is 0 Å². The highest BCUT2D eigenvalue weighted by atomic mass is 15.2. The van der Waals surface area contributed by atoms with Crippen molar-refractivity contribution in [2.75, 3.05) is 6.54 Å². The predicted molar refractivity (Wildman–Crippen MR) is 76.7 cm³/mol. The molecule has 0 radical (unpaired) electrons. The molecule has 0 fully saturated rings. The molecular weight excluding hydrogens is 236 g/mol. The summed E-state index contributed by atoms with van der Waals surface area (Å²) in [6.07, 6.45) is 1.77. The lowest BCUT2D eigenvalue weighted by atomic mass is 10.1. The Morgan fingerprint density at radius 2 is 1.89 bits per heavy atom. The molecule has 0 aliphatic heterocycles. The molecule has 3 rings (SSSR count). The summed E-state index contributed by atoms with van der Waals surface area (Å²) in [6.45, 7) is 0.673. The lowest BCUT2D eigenvalue weighted by molar-refractivity contribution is 0.785. The van der Waals surface area contributed by atoms with Crippen molar-refractivity contribution in [1.82, 2.24) is 15.2 Å². The fourth-order valence-electron chi connectivity index (χ4n) is 2.13. The Kier molecular flexibility index (Phi) is 3.25. The zero-order valence-corrected chi connectivity index (χ0v) is 10.6. The molecule has 3 aromatic rings. The Morgan fingerprint density at radius 3 is 2.74 bits per heavy atom. The summed E-state index contributed by atoms with van der Waals surface area (Å²) in [5.41, 5.74) is 6.53. The number of rotatable bonds is 4. The SMILES string of the molecule is NCCCc1nc(-c2ccc3ccccc3c2)n[nH]1. The van der Waals surface area contributed by atoms with Gasteiger partial charge >= 0.3 is 0 Å². The van der Waals surface area contributed by atoms with E-state index in [4.69, 9.17) is 5.73 Å². The van der Waals surface area contributed by atoms with Crippen molar-refractivity contribution in [2.45, 2.75) is 12.8 Å². The van der Waals surface area contributed by atoms with Gasteiger partial charge in [-0.25, -0.2) is 4.98 Å². The third kappa shape index (κ3) is 2.48. The zero-order chi connectivity index (χ0) is 13.1. The number of nitrogens with zero attached hydrogens (tertiary/aromatic N) is 2. The van der Waals surface area contributed by atoms with Gasteiger partial charge in [-0.2, -0.15) is 5.10 Å². The lowest BCUT2D eigenvalue weighted by Crippen LogP contribution is -2.01. The standard InChI is InChI=1S/C15H16N4/c16-9-3-6-14-17-15(19-18-14)13-8-7-11-4-1-2-5-12(11)10-13/h1-2,4-5,7-8,10H,3,6,9,16H2,(H,17,18,19). The summed E-state index contributed by atoms with van der Waals surface area (Å²) >= 11 is 0. The van der Waals surface area contributed by atoms with Gasteiger partial charge in [-0.3, -0.25) is 5.10 Å². The fraction of sp³-hybridized carbons (Fsp3) is 0.200. The first-order chi connectivity index (χ1) is 9.36.